The lowest BCUT2D eigenvalue weighted by molar-refractivity contribution is -0.146. The molecule has 0 aliphatic carbocycles. The zero-order valence-corrected chi connectivity index (χ0v) is 18.6. The Labute approximate surface area is 181 Å². The van der Waals surface area contributed by atoms with Gasteiger partial charge in [0.1, 0.15) is 6.04 Å². The summed E-state index contributed by atoms with van der Waals surface area (Å²) in [4.78, 5) is 51.1. The molecule has 2 amide bonds. The van der Waals surface area contributed by atoms with Gasteiger partial charge in [0.15, 0.2) is 15.1 Å². The lowest BCUT2D eigenvalue weighted by Gasteiger charge is -2.26. The van der Waals surface area contributed by atoms with E-state index in [9.17, 15) is 27.6 Å². The number of carbonyl (C=O) groups excluding carboxylic acids is 4. The van der Waals surface area contributed by atoms with Crippen molar-refractivity contribution in [3.05, 3.63) is 35.4 Å². The maximum atomic E-state index is 12.9. The normalized spacial score (nSPS) is 15.4. The zero-order chi connectivity index (χ0) is 23.2. The van der Waals surface area contributed by atoms with E-state index in [2.05, 4.69) is 4.74 Å². The molecule has 0 spiro atoms. The number of benzene rings is 1. The Morgan fingerprint density at radius 2 is 1.48 bits per heavy atom. The molecule has 0 fully saturated rings. The first-order valence-corrected chi connectivity index (χ1v) is 11.7. The summed E-state index contributed by atoms with van der Waals surface area (Å²) in [5.41, 5.74) is 0.192. The number of rotatable bonds is 11. The molecule has 1 aromatic rings. The van der Waals surface area contributed by atoms with Crippen LogP contribution < -0.4 is 0 Å². The maximum absolute atomic E-state index is 12.9. The molecule has 0 N–H and O–H groups in total. The van der Waals surface area contributed by atoms with Gasteiger partial charge in [0, 0.05) is 6.42 Å². The van der Waals surface area contributed by atoms with Gasteiger partial charge in [-0.25, -0.2) is 13.2 Å². The van der Waals surface area contributed by atoms with Gasteiger partial charge >= 0.3 is 11.9 Å². The Bertz CT molecular complexity index is 921. The van der Waals surface area contributed by atoms with Gasteiger partial charge in [-0.05, 0) is 18.6 Å². The van der Waals surface area contributed by atoms with Crippen molar-refractivity contribution in [3.8, 4) is 0 Å². The maximum Gasteiger partial charge on any atom is 0.329 e. The molecule has 31 heavy (non-hydrogen) atoms. The number of methoxy groups -OCH3 is 2. The summed E-state index contributed by atoms with van der Waals surface area (Å²) in [5, 5.41) is -1.72. The van der Waals surface area contributed by atoms with Crippen molar-refractivity contribution in [2.75, 3.05) is 20.0 Å². The quantitative estimate of drug-likeness (QED) is 0.282. The van der Waals surface area contributed by atoms with Crippen LogP contribution in [0, 0.1) is 0 Å². The lowest BCUT2D eigenvalue weighted by Crippen LogP contribution is -2.49. The first kappa shape index (κ1) is 24.5. The second-order valence-corrected chi connectivity index (χ2v) is 9.54. The highest BCUT2D eigenvalue weighted by Crippen LogP contribution is 2.28. The molecular weight excluding hydrogens is 426 g/mol. The largest absolute Gasteiger partial charge is 0.468 e. The number of carbonyl (C=O) groups is 4. The van der Waals surface area contributed by atoms with Crippen molar-refractivity contribution < 1.29 is 37.1 Å². The van der Waals surface area contributed by atoms with E-state index in [0.717, 1.165) is 27.1 Å². The molecule has 2 atom stereocenters. The fraction of sp³-hybridized carbons (Fsp3) is 0.524. The van der Waals surface area contributed by atoms with Gasteiger partial charge in [-0.15, -0.1) is 0 Å². The van der Waals surface area contributed by atoms with E-state index >= 15 is 0 Å². The molecule has 10 heteroatoms. The summed E-state index contributed by atoms with van der Waals surface area (Å²) < 4.78 is 35.2. The molecule has 1 aliphatic rings. The van der Waals surface area contributed by atoms with E-state index in [0.29, 0.717) is 17.7 Å². The molecule has 0 aromatic heterocycles. The standard InChI is InChI=1S/C21H27NO8S/c1-4-5-6-9-12-31(27,28)17(21(26)30-3)13-16(20(25)29-2)22-18(23)14-10-7-8-11-15(14)19(22)24/h7-8,10-11,16-17H,4-6,9,12-13H2,1-3H3/t16-,17+/m0/s1. The van der Waals surface area contributed by atoms with Crippen molar-refractivity contribution in [1.29, 1.82) is 0 Å². The third kappa shape index (κ3) is 5.30. The van der Waals surface area contributed by atoms with Crippen LogP contribution >= 0.6 is 0 Å². The van der Waals surface area contributed by atoms with Crippen LogP contribution in [0.25, 0.3) is 0 Å². The number of nitrogens with zero attached hydrogens (tertiary/aromatic N) is 1. The molecule has 2 rings (SSSR count). The number of amides is 2. The minimum atomic E-state index is -4.01. The SMILES string of the molecule is CCCCCCS(=O)(=O)[C@H](C[C@@H](C(=O)OC)N1C(=O)c2ccccc2C1=O)C(=O)OC. The smallest absolute Gasteiger partial charge is 0.329 e. The first-order chi connectivity index (χ1) is 14.7. The van der Waals surface area contributed by atoms with Crippen molar-refractivity contribution >= 4 is 33.6 Å². The number of hydrogen-bond donors (Lipinski definition) is 0. The predicted octanol–water partition coefficient (Wildman–Crippen LogP) is 1.75. The van der Waals surface area contributed by atoms with E-state index in [1.807, 2.05) is 6.92 Å². The number of esters is 2. The van der Waals surface area contributed by atoms with Gasteiger partial charge < -0.3 is 9.47 Å². The highest BCUT2D eigenvalue weighted by molar-refractivity contribution is 7.92. The van der Waals surface area contributed by atoms with Crippen LogP contribution in [0.5, 0.6) is 0 Å². The van der Waals surface area contributed by atoms with E-state index < -0.39 is 51.3 Å². The molecule has 0 saturated heterocycles. The molecule has 1 aliphatic heterocycles. The summed E-state index contributed by atoms with van der Waals surface area (Å²) in [7, 11) is -1.92. The fourth-order valence-electron chi connectivity index (χ4n) is 3.53. The fourth-order valence-corrected chi connectivity index (χ4v) is 5.29. The summed E-state index contributed by atoms with van der Waals surface area (Å²) in [6, 6.07) is 4.42. The molecule has 0 bridgehead atoms. The number of hydrogen-bond acceptors (Lipinski definition) is 8. The van der Waals surface area contributed by atoms with Crippen LogP contribution in [0.2, 0.25) is 0 Å². The Morgan fingerprint density at radius 3 is 1.97 bits per heavy atom. The van der Waals surface area contributed by atoms with Gasteiger partial charge in [0.05, 0.1) is 31.1 Å². The zero-order valence-electron chi connectivity index (χ0n) is 17.8. The van der Waals surface area contributed by atoms with Crippen LogP contribution in [-0.2, 0) is 28.9 Å². The van der Waals surface area contributed by atoms with Crippen LogP contribution in [-0.4, -0.2) is 68.3 Å². The minimum absolute atomic E-state index is 0.0958. The Balaban J connectivity index is 2.37. The van der Waals surface area contributed by atoms with Gasteiger partial charge in [-0.2, -0.15) is 0 Å². The highest BCUT2D eigenvalue weighted by atomic mass is 32.2. The second kappa shape index (κ2) is 10.5. The average Bonchev–Trinajstić information content (AvgIpc) is 3.01. The molecule has 9 nitrogen and oxygen atoms in total. The molecule has 1 aromatic carbocycles. The van der Waals surface area contributed by atoms with Crippen molar-refractivity contribution in [2.45, 2.75) is 50.3 Å². The van der Waals surface area contributed by atoms with Gasteiger partial charge in [-0.3, -0.25) is 19.3 Å². The van der Waals surface area contributed by atoms with E-state index in [4.69, 9.17) is 4.74 Å². The topological polar surface area (TPSA) is 124 Å². The number of imide groups is 1. The molecule has 1 heterocycles. The average molecular weight is 454 g/mol. The summed E-state index contributed by atoms with van der Waals surface area (Å²) in [5.74, 6) is -3.83. The van der Waals surface area contributed by atoms with Crippen LogP contribution in [0.15, 0.2) is 24.3 Å². The molecule has 0 unspecified atom stereocenters. The highest BCUT2D eigenvalue weighted by Gasteiger charge is 2.47. The van der Waals surface area contributed by atoms with Crippen LogP contribution in [0.4, 0.5) is 0 Å². The number of fused-ring (bicyclic) bond motifs is 1. The molecule has 0 radical (unpaired) electrons. The molecule has 0 saturated carbocycles. The van der Waals surface area contributed by atoms with Crippen molar-refractivity contribution in [1.82, 2.24) is 4.90 Å². The third-order valence-electron chi connectivity index (χ3n) is 5.23. The number of ether oxygens (including phenoxy) is 2. The Morgan fingerprint density at radius 1 is 0.935 bits per heavy atom. The van der Waals surface area contributed by atoms with E-state index in [1.54, 1.807) is 12.1 Å². The lowest BCUT2D eigenvalue weighted by atomic mass is 10.1. The van der Waals surface area contributed by atoms with Crippen molar-refractivity contribution in [2.24, 2.45) is 0 Å². The first-order valence-electron chi connectivity index (χ1n) is 10.0. The van der Waals surface area contributed by atoms with Crippen molar-refractivity contribution in [3.63, 3.8) is 0 Å². The Kier molecular flexibility index (Phi) is 8.32. The monoisotopic (exact) mass is 453 g/mol. The van der Waals surface area contributed by atoms with Crippen LogP contribution in [0.3, 0.4) is 0 Å². The van der Waals surface area contributed by atoms with Gasteiger partial charge in [0.25, 0.3) is 11.8 Å². The third-order valence-corrected chi connectivity index (χ3v) is 7.34. The number of unbranched alkanes of at least 4 members (excludes halogenated alkanes) is 3. The molecule has 170 valence electrons. The second-order valence-electron chi connectivity index (χ2n) is 7.24. The van der Waals surface area contributed by atoms with E-state index in [-0.39, 0.29) is 16.9 Å². The van der Waals surface area contributed by atoms with Gasteiger partial charge in [0.2, 0.25) is 0 Å². The Hall–Kier alpha value is -2.75. The van der Waals surface area contributed by atoms with Gasteiger partial charge in [-0.1, -0.05) is 38.3 Å². The number of sulfone groups is 1. The summed E-state index contributed by atoms with van der Waals surface area (Å²) >= 11 is 0. The predicted molar refractivity (Wildman–Crippen MR) is 111 cm³/mol. The molecular formula is C21H27NO8S. The summed E-state index contributed by atoms with van der Waals surface area (Å²) in [6.45, 7) is 1.98. The minimum Gasteiger partial charge on any atom is -0.468 e. The summed E-state index contributed by atoms with van der Waals surface area (Å²) in [6.07, 6.45) is 2.13. The van der Waals surface area contributed by atoms with E-state index in [1.165, 1.54) is 12.1 Å². The van der Waals surface area contributed by atoms with Crippen LogP contribution in [0.1, 0.15) is 59.7 Å².